The standard InChI is InChI=1S/C8H16O3Si/c1-6(2)7(9)5-8(12,10-3)11-4/h1,5H2,2-4,12H3. The highest BCUT2D eigenvalue weighted by Crippen LogP contribution is 2.13. The lowest BCUT2D eigenvalue weighted by atomic mass is 10.1. The summed E-state index contributed by atoms with van der Waals surface area (Å²) >= 11 is 0. The van der Waals surface area contributed by atoms with Gasteiger partial charge in [-0.2, -0.15) is 0 Å². The van der Waals surface area contributed by atoms with Crippen molar-refractivity contribution >= 4 is 16.0 Å². The van der Waals surface area contributed by atoms with E-state index < -0.39 is 5.41 Å². The normalized spacial score (nSPS) is 11.6. The number of ketones is 1. The Bertz CT molecular complexity index is 185. The van der Waals surface area contributed by atoms with E-state index in [-0.39, 0.29) is 12.2 Å². The number of hydrogen-bond donors (Lipinski definition) is 0. The Hall–Kier alpha value is -0.453. The van der Waals surface area contributed by atoms with Crippen LogP contribution >= 0.6 is 0 Å². The van der Waals surface area contributed by atoms with Gasteiger partial charge in [0.1, 0.15) is 5.41 Å². The zero-order valence-corrected chi connectivity index (χ0v) is 10.1. The predicted molar refractivity (Wildman–Crippen MR) is 51.1 cm³/mol. The highest BCUT2D eigenvalue weighted by molar-refractivity contribution is 6.16. The molecule has 12 heavy (non-hydrogen) atoms. The van der Waals surface area contributed by atoms with E-state index >= 15 is 0 Å². The second kappa shape index (κ2) is 4.54. The Kier molecular flexibility index (Phi) is 4.37. The van der Waals surface area contributed by atoms with Crippen LogP contribution in [-0.2, 0) is 14.3 Å². The summed E-state index contributed by atoms with van der Waals surface area (Å²) in [5.74, 6) is -0.00583. The summed E-state index contributed by atoms with van der Waals surface area (Å²) < 4.78 is 10.2. The van der Waals surface area contributed by atoms with Gasteiger partial charge in [-0.3, -0.25) is 4.79 Å². The first kappa shape index (κ1) is 11.5. The fourth-order valence-electron chi connectivity index (χ4n) is 0.670. The van der Waals surface area contributed by atoms with E-state index in [2.05, 4.69) is 6.58 Å². The van der Waals surface area contributed by atoms with Crippen molar-refractivity contribution in [1.82, 2.24) is 0 Å². The molecule has 0 aliphatic heterocycles. The molecule has 0 heterocycles. The van der Waals surface area contributed by atoms with Gasteiger partial charge in [0.25, 0.3) is 0 Å². The monoisotopic (exact) mass is 188 g/mol. The molecule has 0 amide bonds. The number of Topliss-reactive ketones (excluding diaryl/α,β-unsaturated/α-hetero) is 1. The first-order valence-corrected chi connectivity index (χ1v) is 4.74. The second-order valence-electron chi connectivity index (χ2n) is 2.92. The molecule has 0 bridgehead atoms. The molecule has 0 aliphatic carbocycles. The van der Waals surface area contributed by atoms with Crippen LogP contribution in [0.15, 0.2) is 12.2 Å². The van der Waals surface area contributed by atoms with Gasteiger partial charge in [0.15, 0.2) is 5.78 Å². The lowest BCUT2D eigenvalue weighted by molar-refractivity contribution is -0.155. The smallest absolute Gasteiger partial charge is 0.162 e. The van der Waals surface area contributed by atoms with Crippen LogP contribution in [0, 0.1) is 0 Å². The molecule has 3 nitrogen and oxygen atoms in total. The molecular formula is C8H16O3Si. The molecule has 0 saturated carbocycles. The molecule has 0 spiro atoms. The number of hydrogen-bond acceptors (Lipinski definition) is 3. The van der Waals surface area contributed by atoms with Crippen molar-refractivity contribution in [3.8, 4) is 0 Å². The van der Waals surface area contributed by atoms with Crippen LogP contribution in [-0.4, -0.2) is 35.7 Å². The summed E-state index contributed by atoms with van der Waals surface area (Å²) in [4.78, 5) is 11.2. The Labute approximate surface area is 76.2 Å². The van der Waals surface area contributed by atoms with Crippen molar-refractivity contribution in [1.29, 1.82) is 0 Å². The van der Waals surface area contributed by atoms with Crippen LogP contribution in [0.25, 0.3) is 0 Å². The van der Waals surface area contributed by atoms with Gasteiger partial charge in [-0.1, -0.05) is 6.58 Å². The highest BCUT2D eigenvalue weighted by atomic mass is 28.1. The zero-order valence-electron chi connectivity index (χ0n) is 8.14. The van der Waals surface area contributed by atoms with E-state index in [0.717, 1.165) is 0 Å². The molecule has 0 radical (unpaired) electrons. The van der Waals surface area contributed by atoms with E-state index in [1.807, 2.05) is 0 Å². The Morgan fingerprint density at radius 3 is 2.17 bits per heavy atom. The number of methoxy groups -OCH3 is 2. The predicted octanol–water partition coefficient (Wildman–Crippen LogP) is -0.166. The molecular weight excluding hydrogens is 172 g/mol. The van der Waals surface area contributed by atoms with E-state index in [4.69, 9.17) is 9.47 Å². The summed E-state index contributed by atoms with van der Waals surface area (Å²) in [5.41, 5.74) is -0.139. The van der Waals surface area contributed by atoms with Gasteiger partial charge in [-0.15, -0.1) is 0 Å². The molecule has 0 fully saturated rings. The Balaban J connectivity index is 4.21. The van der Waals surface area contributed by atoms with E-state index in [1.165, 1.54) is 0 Å². The summed E-state index contributed by atoms with van der Waals surface area (Å²) in [6.07, 6.45) is 0.265. The number of rotatable bonds is 5. The van der Waals surface area contributed by atoms with Crippen LogP contribution in [0.5, 0.6) is 0 Å². The van der Waals surface area contributed by atoms with Gasteiger partial charge in [-0.05, 0) is 12.5 Å². The molecule has 0 atom stereocenters. The third-order valence-corrected chi connectivity index (χ3v) is 2.99. The van der Waals surface area contributed by atoms with Crippen LogP contribution in [0.1, 0.15) is 13.3 Å². The number of allylic oxidation sites excluding steroid dienone is 1. The molecule has 4 heteroatoms. The van der Waals surface area contributed by atoms with Gasteiger partial charge in [0.05, 0.1) is 16.7 Å². The van der Waals surface area contributed by atoms with Gasteiger partial charge in [0.2, 0.25) is 0 Å². The fourth-order valence-corrected chi connectivity index (χ4v) is 0.991. The average molecular weight is 188 g/mol. The summed E-state index contributed by atoms with van der Waals surface area (Å²) in [6, 6.07) is 0. The molecule has 0 aromatic rings. The molecule has 0 N–H and O–H groups in total. The fraction of sp³-hybridized carbons (Fsp3) is 0.625. The third-order valence-electron chi connectivity index (χ3n) is 1.82. The molecule has 0 aromatic carbocycles. The Morgan fingerprint density at radius 1 is 1.50 bits per heavy atom. The molecule has 70 valence electrons. The maximum absolute atomic E-state index is 11.2. The largest absolute Gasteiger partial charge is 0.358 e. The van der Waals surface area contributed by atoms with Crippen molar-refractivity contribution in [2.75, 3.05) is 14.2 Å². The zero-order chi connectivity index (χ0) is 9.78. The highest BCUT2D eigenvalue weighted by Gasteiger charge is 2.25. The van der Waals surface area contributed by atoms with Gasteiger partial charge in [0, 0.05) is 14.2 Å². The SMILES string of the molecule is C=C(C)C(=O)CC([SiH3])(OC)OC. The molecule has 0 saturated heterocycles. The molecule has 0 rings (SSSR count). The number of carbonyl (C=O) groups is 1. The second-order valence-corrected chi connectivity index (χ2v) is 4.45. The van der Waals surface area contributed by atoms with Crippen LogP contribution in [0.3, 0.4) is 0 Å². The van der Waals surface area contributed by atoms with Crippen molar-refractivity contribution in [3.63, 3.8) is 0 Å². The van der Waals surface area contributed by atoms with Crippen molar-refractivity contribution < 1.29 is 14.3 Å². The van der Waals surface area contributed by atoms with Crippen LogP contribution < -0.4 is 0 Å². The van der Waals surface area contributed by atoms with Gasteiger partial charge < -0.3 is 9.47 Å². The van der Waals surface area contributed by atoms with Crippen LogP contribution in [0.4, 0.5) is 0 Å². The number of carbonyl (C=O) groups excluding carboxylic acids is 1. The Morgan fingerprint density at radius 2 is 1.92 bits per heavy atom. The van der Waals surface area contributed by atoms with Gasteiger partial charge >= 0.3 is 0 Å². The first-order chi connectivity index (χ1) is 5.45. The lowest BCUT2D eigenvalue weighted by Crippen LogP contribution is -2.36. The third kappa shape index (κ3) is 3.30. The minimum Gasteiger partial charge on any atom is -0.358 e. The maximum atomic E-state index is 11.2. The number of ether oxygens (including phenoxy) is 2. The minimum absolute atomic E-state index is 0.00583. The van der Waals surface area contributed by atoms with Crippen molar-refractivity contribution in [2.45, 2.75) is 18.8 Å². The van der Waals surface area contributed by atoms with E-state index in [9.17, 15) is 4.79 Å². The summed E-state index contributed by atoms with van der Waals surface area (Å²) in [6.45, 7) is 5.25. The minimum atomic E-state index is -0.684. The summed E-state index contributed by atoms with van der Waals surface area (Å²) in [5, 5.41) is 0. The van der Waals surface area contributed by atoms with E-state index in [1.54, 1.807) is 21.1 Å². The lowest BCUT2D eigenvalue weighted by Gasteiger charge is -2.25. The topological polar surface area (TPSA) is 35.5 Å². The van der Waals surface area contributed by atoms with E-state index in [0.29, 0.717) is 15.8 Å². The average Bonchev–Trinajstić information content (AvgIpc) is 2.04. The quantitative estimate of drug-likeness (QED) is 0.341. The van der Waals surface area contributed by atoms with Crippen LogP contribution in [0.2, 0.25) is 0 Å². The molecule has 0 aliphatic rings. The molecule has 0 aromatic heterocycles. The van der Waals surface area contributed by atoms with Crippen molar-refractivity contribution in [2.24, 2.45) is 0 Å². The van der Waals surface area contributed by atoms with Crippen molar-refractivity contribution in [3.05, 3.63) is 12.2 Å². The maximum Gasteiger partial charge on any atom is 0.162 e. The van der Waals surface area contributed by atoms with Gasteiger partial charge in [-0.25, -0.2) is 0 Å². The molecule has 0 unspecified atom stereocenters. The first-order valence-electron chi connectivity index (χ1n) is 3.74. The summed E-state index contributed by atoms with van der Waals surface area (Å²) in [7, 11) is 3.74.